The molecule has 1 aromatic carbocycles. The van der Waals surface area contributed by atoms with Gasteiger partial charge in [0.1, 0.15) is 11.4 Å². The summed E-state index contributed by atoms with van der Waals surface area (Å²) in [6.45, 7) is 5.22. The number of alkyl halides is 1. The smallest absolute Gasteiger partial charge is 0.274 e. The van der Waals surface area contributed by atoms with E-state index in [2.05, 4.69) is 5.32 Å². The second-order valence-corrected chi connectivity index (χ2v) is 7.25. The Morgan fingerprint density at radius 3 is 2.56 bits per heavy atom. The topological polar surface area (TPSA) is 37.3 Å². The van der Waals surface area contributed by atoms with Gasteiger partial charge in [0.15, 0.2) is 0 Å². The highest BCUT2D eigenvalue weighted by molar-refractivity contribution is 5.85. The number of anilines is 2. The van der Waals surface area contributed by atoms with Crippen molar-refractivity contribution in [2.45, 2.75) is 38.8 Å². The summed E-state index contributed by atoms with van der Waals surface area (Å²) in [6.07, 6.45) is 1.83. The van der Waals surface area contributed by atoms with Crippen LogP contribution in [0.3, 0.4) is 0 Å². The first kappa shape index (κ1) is 17.8. The van der Waals surface area contributed by atoms with Gasteiger partial charge in [0, 0.05) is 38.3 Å². The van der Waals surface area contributed by atoms with Gasteiger partial charge in [-0.05, 0) is 37.0 Å². The van der Waals surface area contributed by atoms with Gasteiger partial charge in [0.05, 0.1) is 5.52 Å². The molecule has 0 amide bonds. The molecule has 2 aromatic rings. The molecule has 5 heteroatoms. The van der Waals surface area contributed by atoms with Crippen LogP contribution < -0.4 is 15.8 Å². The summed E-state index contributed by atoms with van der Waals surface area (Å²) in [7, 11) is 3.66. The van der Waals surface area contributed by atoms with E-state index in [4.69, 9.17) is 0 Å². The molecule has 1 aliphatic heterocycles. The Hall–Kier alpha value is -2.04. The fraction of sp³-hybridized carbons (Fsp3) is 0.550. The summed E-state index contributed by atoms with van der Waals surface area (Å²) in [6, 6.07) is 7.95. The first-order valence-electron chi connectivity index (χ1n) is 9.15. The number of halogens is 1. The molecule has 0 radical (unpaired) electrons. The number of piperidine rings is 1. The van der Waals surface area contributed by atoms with Gasteiger partial charge in [0.25, 0.3) is 5.56 Å². The lowest BCUT2D eigenvalue weighted by Crippen LogP contribution is -2.46. The van der Waals surface area contributed by atoms with Crippen molar-refractivity contribution in [2.75, 3.05) is 30.4 Å². The number of aryl methyl sites for hydroxylation is 1. The Morgan fingerprint density at radius 1 is 1.28 bits per heavy atom. The third-order valence-corrected chi connectivity index (χ3v) is 5.93. The maximum absolute atomic E-state index is 15.1. The van der Waals surface area contributed by atoms with Crippen LogP contribution in [0.15, 0.2) is 29.1 Å². The number of pyridine rings is 1. The Kier molecular flexibility index (Phi) is 4.76. The van der Waals surface area contributed by atoms with Crippen LogP contribution in [0.2, 0.25) is 0 Å². The molecule has 0 bridgehead atoms. The Morgan fingerprint density at radius 2 is 1.96 bits per heavy atom. The zero-order chi connectivity index (χ0) is 18.2. The highest BCUT2D eigenvalue weighted by atomic mass is 19.1. The van der Waals surface area contributed by atoms with Crippen molar-refractivity contribution in [3.8, 4) is 0 Å². The van der Waals surface area contributed by atoms with Crippen LogP contribution in [0.1, 0.15) is 33.1 Å². The first-order chi connectivity index (χ1) is 11.9. The number of benzene rings is 1. The van der Waals surface area contributed by atoms with Gasteiger partial charge in [-0.3, -0.25) is 4.79 Å². The van der Waals surface area contributed by atoms with Crippen molar-refractivity contribution in [2.24, 2.45) is 13.0 Å². The lowest BCUT2D eigenvalue weighted by Gasteiger charge is -2.40. The molecule has 0 spiro atoms. The maximum Gasteiger partial charge on any atom is 0.274 e. The van der Waals surface area contributed by atoms with E-state index in [-0.39, 0.29) is 11.5 Å². The SMILES string of the molecule is CCC(C)C1(F)CCN(c2cc3ccc(NC)cc3n(C)c2=O)CC1. The standard InChI is InChI=1S/C20H28FN3O/c1-5-14(2)20(21)8-10-24(11-9-20)18-12-15-6-7-16(22-3)13-17(15)23(4)19(18)25/h6-7,12-14,22H,5,8-11H2,1-4H3. The van der Waals surface area contributed by atoms with Gasteiger partial charge < -0.3 is 14.8 Å². The number of nitrogens with one attached hydrogen (secondary N) is 1. The van der Waals surface area contributed by atoms with Crippen LogP contribution >= 0.6 is 0 Å². The van der Waals surface area contributed by atoms with Crippen molar-refractivity contribution >= 4 is 22.3 Å². The number of nitrogens with zero attached hydrogens (tertiary/aromatic N) is 2. The summed E-state index contributed by atoms with van der Waals surface area (Å²) >= 11 is 0. The number of hydrogen-bond acceptors (Lipinski definition) is 3. The second kappa shape index (κ2) is 6.70. The Balaban J connectivity index is 1.93. The van der Waals surface area contributed by atoms with Crippen molar-refractivity contribution in [1.82, 2.24) is 4.57 Å². The monoisotopic (exact) mass is 345 g/mol. The minimum Gasteiger partial charge on any atom is -0.388 e. The molecule has 136 valence electrons. The summed E-state index contributed by atoms with van der Waals surface area (Å²) in [5, 5.41) is 4.12. The minimum absolute atomic E-state index is 0.0179. The zero-order valence-corrected chi connectivity index (χ0v) is 15.6. The number of hydrogen-bond donors (Lipinski definition) is 1. The molecular formula is C20H28FN3O. The first-order valence-corrected chi connectivity index (χ1v) is 9.15. The van der Waals surface area contributed by atoms with Gasteiger partial charge in [-0.15, -0.1) is 0 Å². The zero-order valence-electron chi connectivity index (χ0n) is 15.6. The quantitative estimate of drug-likeness (QED) is 0.912. The van der Waals surface area contributed by atoms with E-state index in [0.29, 0.717) is 31.6 Å². The molecule has 25 heavy (non-hydrogen) atoms. The molecule has 1 saturated heterocycles. The molecule has 2 heterocycles. The Labute approximate surface area is 148 Å². The molecule has 1 aliphatic rings. The molecule has 1 aromatic heterocycles. The Bertz CT molecular complexity index is 822. The van der Waals surface area contributed by atoms with E-state index < -0.39 is 5.67 Å². The normalized spacial score (nSPS) is 18.4. The molecule has 1 fully saturated rings. The predicted molar refractivity (Wildman–Crippen MR) is 103 cm³/mol. The third-order valence-electron chi connectivity index (χ3n) is 5.93. The lowest BCUT2D eigenvalue weighted by atomic mass is 9.81. The van der Waals surface area contributed by atoms with Crippen LogP contribution in [0, 0.1) is 5.92 Å². The highest BCUT2D eigenvalue weighted by Crippen LogP contribution is 2.36. The van der Waals surface area contributed by atoms with Gasteiger partial charge >= 0.3 is 0 Å². The van der Waals surface area contributed by atoms with Crippen molar-refractivity contribution in [3.63, 3.8) is 0 Å². The highest BCUT2D eigenvalue weighted by Gasteiger charge is 2.39. The van der Waals surface area contributed by atoms with Gasteiger partial charge in [0.2, 0.25) is 0 Å². The van der Waals surface area contributed by atoms with Crippen molar-refractivity contribution in [1.29, 1.82) is 0 Å². The summed E-state index contributed by atoms with van der Waals surface area (Å²) in [4.78, 5) is 14.9. The number of aromatic nitrogens is 1. The van der Waals surface area contributed by atoms with E-state index in [9.17, 15) is 4.79 Å². The van der Waals surface area contributed by atoms with Gasteiger partial charge in [-0.1, -0.05) is 26.3 Å². The molecule has 4 nitrogen and oxygen atoms in total. The molecule has 1 unspecified atom stereocenters. The van der Waals surface area contributed by atoms with E-state index in [1.54, 1.807) is 11.6 Å². The van der Waals surface area contributed by atoms with Gasteiger partial charge in [-0.25, -0.2) is 4.39 Å². The summed E-state index contributed by atoms with van der Waals surface area (Å²) in [5.41, 5.74) is 1.43. The molecule has 0 aliphatic carbocycles. The van der Waals surface area contributed by atoms with E-state index in [1.165, 1.54) is 0 Å². The van der Waals surface area contributed by atoms with Crippen molar-refractivity contribution < 1.29 is 4.39 Å². The minimum atomic E-state index is -1.10. The summed E-state index contributed by atoms with van der Waals surface area (Å²) < 4.78 is 16.7. The fourth-order valence-electron chi connectivity index (χ4n) is 3.81. The molecule has 3 rings (SSSR count). The fourth-order valence-corrected chi connectivity index (χ4v) is 3.81. The number of rotatable bonds is 4. The average molecular weight is 345 g/mol. The molecule has 1 N–H and O–H groups in total. The van der Waals surface area contributed by atoms with Crippen LogP contribution in [0.4, 0.5) is 15.8 Å². The molecule has 1 atom stereocenters. The van der Waals surface area contributed by atoms with Crippen LogP contribution in [0.5, 0.6) is 0 Å². The van der Waals surface area contributed by atoms with E-state index >= 15 is 4.39 Å². The van der Waals surface area contributed by atoms with Crippen LogP contribution in [-0.2, 0) is 7.05 Å². The second-order valence-electron chi connectivity index (χ2n) is 7.25. The summed E-state index contributed by atoms with van der Waals surface area (Å²) in [5.74, 6) is 0.0639. The van der Waals surface area contributed by atoms with Crippen LogP contribution in [0.25, 0.3) is 10.9 Å². The molecule has 0 saturated carbocycles. The maximum atomic E-state index is 15.1. The van der Waals surface area contributed by atoms with Crippen LogP contribution in [-0.4, -0.2) is 30.4 Å². The van der Waals surface area contributed by atoms with E-state index in [0.717, 1.165) is 23.0 Å². The lowest BCUT2D eigenvalue weighted by molar-refractivity contribution is 0.0588. The van der Waals surface area contributed by atoms with Gasteiger partial charge in [-0.2, -0.15) is 0 Å². The third kappa shape index (κ3) is 3.12. The average Bonchev–Trinajstić information content (AvgIpc) is 2.64. The predicted octanol–water partition coefficient (Wildman–Crippen LogP) is 3.93. The number of fused-ring (bicyclic) bond motifs is 1. The van der Waals surface area contributed by atoms with Crippen molar-refractivity contribution in [3.05, 3.63) is 34.6 Å². The van der Waals surface area contributed by atoms with E-state index in [1.807, 2.05) is 50.1 Å². The molecular weight excluding hydrogens is 317 g/mol. The largest absolute Gasteiger partial charge is 0.388 e.